The van der Waals surface area contributed by atoms with E-state index < -0.39 is 17.9 Å². The molecule has 1 atom stereocenters. The van der Waals surface area contributed by atoms with Crippen LogP contribution < -0.4 is 5.32 Å². The molecule has 0 radical (unpaired) electrons. The average Bonchev–Trinajstić information content (AvgIpc) is 2.64. The summed E-state index contributed by atoms with van der Waals surface area (Å²) in [5, 5.41) is 21.4. The molecule has 5 nitrogen and oxygen atoms in total. The van der Waals surface area contributed by atoms with Crippen molar-refractivity contribution in [2.45, 2.75) is 12.5 Å². The molecule has 0 bridgehead atoms. The third-order valence-corrected chi connectivity index (χ3v) is 3.36. The third-order valence-electron chi connectivity index (χ3n) is 1.85. The number of halogens is 1. The van der Waals surface area contributed by atoms with Crippen molar-refractivity contribution in [2.24, 2.45) is 0 Å². The number of amides is 1. The molecule has 1 aromatic rings. The molecule has 1 heterocycles. The Hall–Kier alpha value is -0.920. The van der Waals surface area contributed by atoms with Crippen molar-refractivity contribution in [3.8, 4) is 0 Å². The number of carboxylic acids is 1. The number of hydrogen-bond acceptors (Lipinski definition) is 4. The Morgan fingerprint density at radius 1 is 1.56 bits per heavy atom. The minimum absolute atomic E-state index is 0.00756. The second-order valence-electron chi connectivity index (χ2n) is 3.02. The Morgan fingerprint density at radius 2 is 2.25 bits per heavy atom. The van der Waals surface area contributed by atoms with E-state index in [-0.39, 0.29) is 13.0 Å². The van der Waals surface area contributed by atoms with Crippen molar-refractivity contribution in [2.75, 3.05) is 6.61 Å². The van der Waals surface area contributed by atoms with E-state index in [9.17, 15) is 9.59 Å². The van der Waals surface area contributed by atoms with Gasteiger partial charge in [0.25, 0.3) is 5.91 Å². The van der Waals surface area contributed by atoms with E-state index in [2.05, 4.69) is 21.2 Å². The van der Waals surface area contributed by atoms with Gasteiger partial charge in [-0.3, -0.25) is 4.79 Å². The minimum atomic E-state index is -1.16. The highest BCUT2D eigenvalue weighted by atomic mass is 79.9. The first-order valence-electron chi connectivity index (χ1n) is 4.43. The number of aliphatic hydroxyl groups is 1. The number of aliphatic hydroxyl groups excluding tert-OH is 1. The monoisotopic (exact) mass is 307 g/mol. The average molecular weight is 308 g/mol. The topological polar surface area (TPSA) is 86.6 Å². The van der Waals surface area contributed by atoms with E-state index in [1.54, 1.807) is 11.4 Å². The van der Waals surface area contributed by atoms with Crippen molar-refractivity contribution in [3.63, 3.8) is 0 Å². The molecule has 1 rings (SSSR count). The summed E-state index contributed by atoms with van der Waals surface area (Å²) >= 11 is 4.55. The van der Waals surface area contributed by atoms with E-state index in [1.807, 2.05) is 0 Å². The first kappa shape index (κ1) is 13.1. The molecule has 16 heavy (non-hydrogen) atoms. The molecular weight excluding hydrogens is 298 g/mol. The third kappa shape index (κ3) is 3.58. The molecule has 1 amide bonds. The van der Waals surface area contributed by atoms with Crippen LogP contribution in [-0.2, 0) is 4.79 Å². The smallest absolute Gasteiger partial charge is 0.326 e. The second kappa shape index (κ2) is 5.97. The molecule has 0 unspecified atom stereocenters. The first-order valence-corrected chi connectivity index (χ1v) is 6.10. The summed E-state index contributed by atoms with van der Waals surface area (Å²) in [7, 11) is 0. The molecule has 88 valence electrons. The van der Waals surface area contributed by atoms with Crippen LogP contribution in [0, 0.1) is 0 Å². The first-order chi connectivity index (χ1) is 7.54. The zero-order chi connectivity index (χ0) is 12.1. The van der Waals surface area contributed by atoms with Crippen LogP contribution in [0.5, 0.6) is 0 Å². The number of carbonyl (C=O) groups is 2. The quantitative estimate of drug-likeness (QED) is 0.759. The molecular formula is C9H10BrNO4S. The fraction of sp³-hybridized carbons (Fsp3) is 0.333. The van der Waals surface area contributed by atoms with Gasteiger partial charge in [0.2, 0.25) is 0 Å². The van der Waals surface area contributed by atoms with E-state index >= 15 is 0 Å². The van der Waals surface area contributed by atoms with Gasteiger partial charge in [0.05, 0.1) is 9.35 Å². The second-order valence-corrected chi connectivity index (χ2v) is 5.31. The van der Waals surface area contributed by atoms with Crippen LogP contribution in [0.4, 0.5) is 0 Å². The Balaban J connectivity index is 2.65. The van der Waals surface area contributed by atoms with Crippen molar-refractivity contribution in [1.29, 1.82) is 0 Å². The lowest BCUT2D eigenvalue weighted by molar-refractivity contribution is -0.139. The maximum atomic E-state index is 11.6. The van der Waals surface area contributed by atoms with Gasteiger partial charge < -0.3 is 15.5 Å². The fourth-order valence-corrected chi connectivity index (χ4v) is 2.19. The predicted molar refractivity (Wildman–Crippen MR) is 62.6 cm³/mol. The summed E-state index contributed by atoms with van der Waals surface area (Å²) in [6.07, 6.45) is -0.00756. The van der Waals surface area contributed by atoms with Crippen molar-refractivity contribution >= 4 is 39.1 Å². The van der Waals surface area contributed by atoms with E-state index in [0.717, 1.165) is 3.79 Å². The Morgan fingerprint density at radius 3 is 2.69 bits per heavy atom. The largest absolute Gasteiger partial charge is 0.480 e. The molecule has 3 N–H and O–H groups in total. The van der Waals surface area contributed by atoms with Crippen LogP contribution in [0.3, 0.4) is 0 Å². The molecule has 0 aliphatic rings. The van der Waals surface area contributed by atoms with Gasteiger partial charge in [0.1, 0.15) is 6.04 Å². The molecule has 0 aliphatic carbocycles. The lowest BCUT2D eigenvalue weighted by atomic mass is 10.2. The molecule has 0 saturated carbocycles. The highest BCUT2D eigenvalue weighted by Crippen LogP contribution is 2.20. The summed E-state index contributed by atoms with van der Waals surface area (Å²) in [6.45, 7) is -0.287. The number of carbonyl (C=O) groups excluding carboxylic acids is 1. The number of hydrogen-bond donors (Lipinski definition) is 3. The number of carboxylic acid groups (broad SMARTS) is 1. The number of thiophene rings is 1. The maximum Gasteiger partial charge on any atom is 0.326 e. The normalized spacial score (nSPS) is 12.1. The fourth-order valence-electron chi connectivity index (χ4n) is 1.06. The summed E-state index contributed by atoms with van der Waals surface area (Å²) in [5.41, 5.74) is 0.404. The zero-order valence-corrected chi connectivity index (χ0v) is 10.5. The number of rotatable bonds is 5. The van der Waals surface area contributed by atoms with Crippen molar-refractivity contribution < 1.29 is 19.8 Å². The molecule has 0 saturated heterocycles. The van der Waals surface area contributed by atoms with Crippen molar-refractivity contribution in [1.82, 2.24) is 5.32 Å². The van der Waals surface area contributed by atoms with Crippen LogP contribution >= 0.6 is 27.3 Å². The zero-order valence-electron chi connectivity index (χ0n) is 8.14. The van der Waals surface area contributed by atoms with Crippen LogP contribution in [0.25, 0.3) is 0 Å². The van der Waals surface area contributed by atoms with Gasteiger partial charge in [-0.05, 0) is 22.0 Å². The molecule has 0 fully saturated rings. The predicted octanol–water partition coefficient (Wildman–Crippen LogP) is 1.08. The highest BCUT2D eigenvalue weighted by molar-refractivity contribution is 9.11. The summed E-state index contributed by atoms with van der Waals surface area (Å²) in [6, 6.07) is 0.550. The van der Waals surface area contributed by atoms with Gasteiger partial charge in [-0.2, -0.15) is 0 Å². The van der Waals surface area contributed by atoms with E-state index in [4.69, 9.17) is 10.2 Å². The summed E-state index contributed by atoms with van der Waals surface area (Å²) in [4.78, 5) is 22.3. The molecule has 0 spiro atoms. The maximum absolute atomic E-state index is 11.6. The van der Waals surface area contributed by atoms with Gasteiger partial charge in [-0.25, -0.2) is 4.79 Å². The van der Waals surface area contributed by atoms with E-state index in [1.165, 1.54) is 11.3 Å². The number of nitrogens with one attached hydrogen (secondary N) is 1. The molecule has 0 aliphatic heterocycles. The highest BCUT2D eigenvalue weighted by Gasteiger charge is 2.20. The van der Waals surface area contributed by atoms with Gasteiger partial charge in [0, 0.05) is 18.4 Å². The Bertz CT molecular complexity index is 393. The van der Waals surface area contributed by atoms with Crippen LogP contribution in [0.15, 0.2) is 15.2 Å². The summed E-state index contributed by atoms with van der Waals surface area (Å²) in [5.74, 6) is -1.61. The SMILES string of the molecule is O=C(N[C@@H](CCO)C(=O)O)c1csc(Br)c1. The van der Waals surface area contributed by atoms with E-state index in [0.29, 0.717) is 5.56 Å². The minimum Gasteiger partial charge on any atom is -0.480 e. The van der Waals surface area contributed by atoms with Gasteiger partial charge in [-0.1, -0.05) is 0 Å². The molecule has 7 heteroatoms. The lowest BCUT2D eigenvalue weighted by Gasteiger charge is -2.12. The molecule has 1 aromatic heterocycles. The standard InChI is InChI=1S/C9H10BrNO4S/c10-7-3-5(4-16-7)8(13)11-6(1-2-12)9(14)15/h3-4,6,12H,1-2H2,(H,11,13)(H,14,15)/t6-/m0/s1. The Labute approximate surface area is 104 Å². The van der Waals surface area contributed by atoms with Gasteiger partial charge in [0.15, 0.2) is 0 Å². The lowest BCUT2D eigenvalue weighted by Crippen LogP contribution is -2.41. The van der Waals surface area contributed by atoms with Gasteiger partial charge >= 0.3 is 5.97 Å². The molecule has 0 aromatic carbocycles. The van der Waals surface area contributed by atoms with Gasteiger partial charge in [-0.15, -0.1) is 11.3 Å². The van der Waals surface area contributed by atoms with Crippen molar-refractivity contribution in [3.05, 3.63) is 20.8 Å². The van der Waals surface area contributed by atoms with Crippen LogP contribution in [0.2, 0.25) is 0 Å². The summed E-state index contributed by atoms with van der Waals surface area (Å²) < 4.78 is 0.798. The van der Waals surface area contributed by atoms with Crippen LogP contribution in [-0.4, -0.2) is 34.7 Å². The van der Waals surface area contributed by atoms with Crippen LogP contribution in [0.1, 0.15) is 16.8 Å². The number of aliphatic carboxylic acids is 1. The Kier molecular flexibility index (Phi) is 4.91.